The van der Waals surface area contributed by atoms with Gasteiger partial charge in [-0.1, -0.05) is 26.3 Å². The van der Waals surface area contributed by atoms with Crippen molar-refractivity contribution >= 4 is 59.0 Å². The van der Waals surface area contributed by atoms with Crippen molar-refractivity contribution < 1.29 is 62.0 Å². The molecule has 2 aromatic heterocycles. The molecular weight excluding hydrogens is 973 g/mol. The van der Waals surface area contributed by atoms with E-state index < -0.39 is 107 Å². The van der Waals surface area contributed by atoms with Crippen LogP contribution in [0.1, 0.15) is 120 Å². The lowest BCUT2D eigenvalue weighted by Gasteiger charge is -2.27. The molecule has 4 heterocycles. The number of carbonyl (C=O) groups excluding carboxylic acids is 7. The summed E-state index contributed by atoms with van der Waals surface area (Å²) in [6, 6.07) is -2.16. The molecule has 2 saturated heterocycles. The summed E-state index contributed by atoms with van der Waals surface area (Å²) in [5.74, 6) is -4.02. The van der Waals surface area contributed by atoms with E-state index in [1.807, 2.05) is 6.92 Å². The van der Waals surface area contributed by atoms with Gasteiger partial charge in [-0.3, -0.25) is 38.9 Å². The van der Waals surface area contributed by atoms with Crippen LogP contribution in [0.25, 0.3) is 11.2 Å². The Labute approximate surface area is 429 Å². The van der Waals surface area contributed by atoms with Gasteiger partial charge in [0.1, 0.15) is 48.2 Å². The Kier molecular flexibility index (Phi) is 21.0. The number of hydrogen-bond donors (Lipinski definition) is 8. The number of nitrogens with two attached hydrogens (primary N) is 1. The smallest absolute Gasteiger partial charge is 0.426 e. The average Bonchev–Trinajstić information content (AvgIpc) is 3.88. The highest BCUT2D eigenvalue weighted by Crippen LogP contribution is 2.43. The number of carbonyl (C=O) groups is 7. The van der Waals surface area contributed by atoms with Gasteiger partial charge in [0, 0.05) is 46.1 Å². The summed E-state index contributed by atoms with van der Waals surface area (Å²) in [6.07, 6.45) is -3.43. The first-order chi connectivity index (χ1) is 34.5. The quantitative estimate of drug-likeness (QED) is 0.0340. The second-order valence-corrected chi connectivity index (χ2v) is 20.5. The molecule has 1 unspecified atom stereocenters. The van der Waals surface area contributed by atoms with Gasteiger partial charge in [0.15, 0.2) is 23.2 Å². The molecule has 7 amide bonds. The molecule has 0 spiro atoms. The number of H-pyrrole nitrogens is 1. The Morgan fingerprint density at radius 2 is 1.54 bits per heavy atom. The molecule has 0 aliphatic carbocycles. The zero-order chi connectivity index (χ0) is 55.3. The van der Waals surface area contributed by atoms with E-state index in [0.29, 0.717) is 19.3 Å². The number of nitrogen functional groups attached to an aromatic ring is 1. The Morgan fingerprint density at radius 3 is 2.19 bits per heavy atom. The molecule has 27 heteroatoms. The highest BCUT2D eigenvalue weighted by molar-refractivity contribution is 5.92. The summed E-state index contributed by atoms with van der Waals surface area (Å²) in [7, 11) is 1.44. The molecule has 74 heavy (non-hydrogen) atoms. The van der Waals surface area contributed by atoms with Crippen LogP contribution in [-0.2, 0) is 54.1 Å². The van der Waals surface area contributed by atoms with Crippen LogP contribution in [-0.4, -0.2) is 147 Å². The van der Waals surface area contributed by atoms with Crippen molar-refractivity contribution in [3.8, 4) is 0 Å². The van der Waals surface area contributed by atoms with Crippen LogP contribution in [0.15, 0.2) is 22.2 Å². The van der Waals surface area contributed by atoms with Crippen LogP contribution in [0.4, 0.5) is 20.3 Å². The van der Waals surface area contributed by atoms with Crippen LogP contribution < -0.4 is 49.1 Å². The van der Waals surface area contributed by atoms with Gasteiger partial charge in [-0.15, -0.1) is 6.58 Å². The maximum absolute atomic E-state index is 13.9. The lowest BCUT2D eigenvalue weighted by Crippen LogP contribution is -2.56. The summed E-state index contributed by atoms with van der Waals surface area (Å²) in [4.78, 5) is 125. The zero-order valence-electron chi connectivity index (χ0n) is 44.3. The number of hydrazine groups is 1. The number of alkyl carbamates (subject to hydrolysis) is 1. The van der Waals surface area contributed by atoms with Gasteiger partial charge in [0.05, 0.1) is 0 Å². The van der Waals surface area contributed by atoms with E-state index in [2.05, 4.69) is 48.7 Å². The van der Waals surface area contributed by atoms with Crippen molar-refractivity contribution in [1.29, 1.82) is 0 Å². The zero-order valence-corrected chi connectivity index (χ0v) is 44.3. The highest BCUT2D eigenvalue weighted by Gasteiger charge is 2.57. The number of aromatic nitrogens is 4. The fourth-order valence-electron chi connectivity index (χ4n) is 7.91. The van der Waals surface area contributed by atoms with Crippen molar-refractivity contribution in [3.63, 3.8) is 0 Å². The van der Waals surface area contributed by atoms with Crippen molar-refractivity contribution in [2.45, 2.75) is 174 Å². The average molecular weight is 1050 g/mol. The molecule has 0 aromatic carbocycles. The number of aromatic amines is 1. The van der Waals surface area contributed by atoms with Gasteiger partial charge in [-0.2, -0.15) is 4.98 Å². The van der Waals surface area contributed by atoms with E-state index in [9.17, 15) is 43.2 Å². The largest absolute Gasteiger partial charge is 0.447 e. The number of rotatable bonds is 23. The number of fused-ring (bicyclic) bond motifs is 2. The number of nitrogens with zero attached hydrogens (tertiary/aromatic N) is 4. The predicted molar refractivity (Wildman–Crippen MR) is 267 cm³/mol. The van der Waals surface area contributed by atoms with Crippen LogP contribution in [0.3, 0.4) is 0 Å². The number of unbranched alkanes of at least 4 members (excludes halogenated alkanes) is 1. The second-order valence-electron chi connectivity index (χ2n) is 20.5. The molecule has 2 aliphatic rings. The molecule has 0 bridgehead atoms. The third-order valence-corrected chi connectivity index (χ3v) is 11.5. The van der Waals surface area contributed by atoms with Gasteiger partial charge in [-0.05, 0) is 87.0 Å². The molecule has 2 aromatic rings. The first kappa shape index (κ1) is 59.8. The topological polar surface area (TPSA) is 349 Å². The van der Waals surface area contributed by atoms with E-state index in [4.69, 9.17) is 34.2 Å². The minimum atomic E-state index is -1.18. The van der Waals surface area contributed by atoms with Crippen molar-refractivity contribution in [3.05, 3.63) is 33.5 Å². The Hall–Kier alpha value is -6.74. The van der Waals surface area contributed by atoms with E-state index >= 15 is 0 Å². The van der Waals surface area contributed by atoms with Gasteiger partial charge in [-0.25, -0.2) is 29.2 Å². The second kappa shape index (κ2) is 26.0. The summed E-state index contributed by atoms with van der Waals surface area (Å²) in [5, 5.41) is 10.9. The maximum Gasteiger partial charge on any atom is 0.426 e. The lowest BCUT2D eigenvalue weighted by molar-refractivity contribution is -0.200. The highest BCUT2D eigenvalue weighted by atomic mass is 16.8. The molecule has 414 valence electrons. The predicted octanol–water partition coefficient (Wildman–Crippen LogP) is 1.69. The number of amides is 7. The summed E-state index contributed by atoms with van der Waals surface area (Å²) in [6.45, 7) is 20.6. The Balaban J connectivity index is 1.37. The Bertz CT molecular complexity index is 2460. The summed E-state index contributed by atoms with van der Waals surface area (Å²) >= 11 is 0. The number of hydrogen-bond acceptors (Lipinski definition) is 17. The van der Waals surface area contributed by atoms with Gasteiger partial charge in [0.25, 0.3) is 5.56 Å². The monoisotopic (exact) mass is 1050 g/mol. The molecule has 4 rings (SSSR count). The number of ether oxygens (including phenoxy) is 6. The van der Waals surface area contributed by atoms with Crippen LogP contribution >= 0.6 is 0 Å². The first-order valence-electron chi connectivity index (χ1n) is 24.7. The van der Waals surface area contributed by atoms with E-state index in [-0.39, 0.29) is 81.5 Å². The molecular formula is C47H76N12O15. The van der Waals surface area contributed by atoms with Gasteiger partial charge in [0.2, 0.25) is 29.6 Å². The molecule has 2 fully saturated rings. The van der Waals surface area contributed by atoms with Crippen LogP contribution in [0, 0.1) is 5.92 Å². The van der Waals surface area contributed by atoms with Gasteiger partial charge < -0.3 is 60.3 Å². The van der Waals surface area contributed by atoms with E-state index in [0.717, 1.165) is 4.57 Å². The molecule has 9 N–H and O–H groups in total. The minimum absolute atomic E-state index is 0.0244. The first-order valence-corrected chi connectivity index (χ1v) is 24.7. The van der Waals surface area contributed by atoms with Crippen molar-refractivity contribution in [2.75, 3.05) is 39.0 Å². The van der Waals surface area contributed by atoms with E-state index in [1.54, 1.807) is 62.3 Å². The SMILES string of the molecule is C=CCn1c(=O)n([C@H]2O[C@@H](COC(=O)N(C)CCNC(=O)[C@H](CCCCNC(=O)OC(C)(C)C)NC(=O)[C@@H](NC(=O)CCCC(=O)NNC(=O)OC(C)(C)C)C(C)CC)[C@@H]3OC(C)(C)O[C@@H]32)c2nc(N)[nH]c(=O)c21. The molecule has 0 radical (unpaired) electrons. The van der Waals surface area contributed by atoms with Crippen LogP contribution in [0.5, 0.6) is 0 Å². The standard InChI is InChI=1S/C47H76N12O15/c1-13-23-58-32-35(53-40(48)54-38(32)64)59(43(58)67)39-34-33(71-47(10,11)72-34)28(70-39)25-69-44(68)57(12)24-22-49-36(62)27(18-15-16-21-50-41(65)73-45(4,5)6)51-37(63)31(26(3)14-2)52-29(60)19-17-20-30(61)55-56-42(66)74-46(7,8)9/h13,26-28,31,33-34,39H,1,14-25H2,2-12H3,(H,49,62)(H,50,65)(H,51,63)(H,52,60)(H,55,61)(H,56,66)(H3,48,53,54,64)/t26?,27-,28-,31-,33-,34-,39-/m0/s1. The fraction of sp³-hybridized carbons (Fsp3) is 0.702. The Morgan fingerprint density at radius 1 is 0.892 bits per heavy atom. The molecule has 7 atom stereocenters. The summed E-state index contributed by atoms with van der Waals surface area (Å²) in [5.41, 5.74) is 7.34. The number of imidazole rings is 1. The number of nitrogens with one attached hydrogen (secondary N) is 7. The fourth-order valence-corrected chi connectivity index (χ4v) is 7.91. The van der Waals surface area contributed by atoms with Crippen LogP contribution in [0.2, 0.25) is 0 Å². The number of likely N-dealkylation sites (N-methyl/N-ethyl adjacent to an activating group) is 1. The maximum atomic E-state index is 13.9. The molecule has 2 aliphatic heterocycles. The van der Waals surface area contributed by atoms with Gasteiger partial charge >= 0.3 is 24.0 Å². The van der Waals surface area contributed by atoms with Crippen molar-refractivity contribution in [1.82, 2.24) is 56.1 Å². The molecule has 27 nitrogen and oxygen atoms in total. The minimum Gasteiger partial charge on any atom is -0.447 e. The lowest BCUT2D eigenvalue weighted by atomic mass is 9.97. The number of allylic oxidation sites excluding steroid dienone is 1. The summed E-state index contributed by atoms with van der Waals surface area (Å²) < 4.78 is 36.9. The van der Waals surface area contributed by atoms with Crippen molar-refractivity contribution in [2.24, 2.45) is 5.92 Å². The third-order valence-electron chi connectivity index (χ3n) is 11.5. The normalized spacial score (nSPS) is 19.2. The third kappa shape index (κ3) is 17.5. The van der Waals surface area contributed by atoms with E-state index in [1.165, 1.54) is 22.6 Å². The molecule has 0 saturated carbocycles. The number of anilines is 1.